The minimum Gasteiger partial charge on any atom is -0.328 e. The third-order valence-corrected chi connectivity index (χ3v) is 2.48. The highest BCUT2D eigenvalue weighted by Gasteiger charge is 2.42. The van der Waals surface area contributed by atoms with Crippen LogP contribution >= 0.6 is 0 Å². The number of aryl methyl sites for hydroxylation is 1. The van der Waals surface area contributed by atoms with Gasteiger partial charge in [-0.25, -0.2) is 4.68 Å². The topological polar surface area (TPSA) is 91.6 Å². The molecule has 0 saturated carbocycles. The number of rotatable bonds is 2. The van der Waals surface area contributed by atoms with E-state index in [2.05, 4.69) is 15.4 Å². The Bertz CT molecular complexity index is 630. The van der Waals surface area contributed by atoms with Gasteiger partial charge in [-0.05, 0) is 0 Å². The van der Waals surface area contributed by atoms with E-state index in [-0.39, 0.29) is 15.7 Å². The first-order valence-corrected chi connectivity index (χ1v) is 4.90. The maximum Gasteiger partial charge on any atom is 0.412 e. The van der Waals surface area contributed by atoms with Gasteiger partial charge in [-0.2, -0.15) is 23.0 Å². The maximum absolute atomic E-state index is 12.7. The van der Waals surface area contributed by atoms with E-state index in [0.717, 1.165) is 6.20 Å². The molecule has 2 N–H and O–H groups in total. The van der Waals surface area contributed by atoms with E-state index in [1.54, 1.807) is 0 Å². The third kappa shape index (κ3) is 1.83. The summed E-state index contributed by atoms with van der Waals surface area (Å²) in [6, 6.07) is -2.19. The van der Waals surface area contributed by atoms with Gasteiger partial charge in [0.1, 0.15) is 5.39 Å². The van der Waals surface area contributed by atoms with Gasteiger partial charge in [0.2, 0.25) is 0 Å². The van der Waals surface area contributed by atoms with Crippen molar-refractivity contribution < 1.29 is 13.2 Å². The van der Waals surface area contributed by atoms with Crippen molar-refractivity contribution in [2.24, 2.45) is 12.8 Å². The SMILES string of the molecule is Cn1ncc2c(=O)n(C(CN)C(F)(F)F)nnc21. The number of alkyl halides is 3. The van der Waals surface area contributed by atoms with Crippen LogP contribution in [0.2, 0.25) is 0 Å². The van der Waals surface area contributed by atoms with E-state index in [0.29, 0.717) is 0 Å². The fourth-order valence-corrected chi connectivity index (χ4v) is 1.53. The molecule has 10 heteroatoms. The Balaban J connectivity index is 2.66. The van der Waals surface area contributed by atoms with Crippen LogP contribution in [0.4, 0.5) is 13.2 Å². The van der Waals surface area contributed by atoms with Crippen molar-refractivity contribution in [1.29, 1.82) is 0 Å². The zero-order valence-electron chi connectivity index (χ0n) is 9.22. The Hall–Kier alpha value is -1.97. The molecule has 0 aliphatic rings. The van der Waals surface area contributed by atoms with Crippen LogP contribution in [0.15, 0.2) is 11.0 Å². The van der Waals surface area contributed by atoms with Crippen molar-refractivity contribution in [3.8, 4) is 0 Å². The van der Waals surface area contributed by atoms with Crippen LogP contribution in [0.5, 0.6) is 0 Å². The minimum atomic E-state index is -4.66. The number of nitrogens with two attached hydrogens (primary N) is 1. The summed E-state index contributed by atoms with van der Waals surface area (Å²) in [4.78, 5) is 11.8. The molecule has 2 rings (SSSR count). The molecule has 0 bridgehead atoms. The fraction of sp³-hybridized carbons (Fsp3) is 0.500. The van der Waals surface area contributed by atoms with E-state index >= 15 is 0 Å². The first-order chi connectivity index (χ1) is 8.36. The van der Waals surface area contributed by atoms with Crippen LogP contribution in [0, 0.1) is 0 Å². The van der Waals surface area contributed by atoms with Crippen LogP contribution in [-0.2, 0) is 7.05 Å². The van der Waals surface area contributed by atoms with Crippen molar-refractivity contribution in [2.75, 3.05) is 6.54 Å². The number of halogens is 3. The molecular weight excluding hydrogens is 253 g/mol. The highest BCUT2D eigenvalue weighted by Crippen LogP contribution is 2.27. The molecule has 2 aromatic heterocycles. The van der Waals surface area contributed by atoms with E-state index in [4.69, 9.17) is 5.73 Å². The molecular formula is C8H9F3N6O. The lowest BCUT2D eigenvalue weighted by Crippen LogP contribution is -2.40. The van der Waals surface area contributed by atoms with Gasteiger partial charge in [0.25, 0.3) is 5.56 Å². The molecule has 2 heterocycles. The summed E-state index contributed by atoms with van der Waals surface area (Å²) in [5, 5.41) is 10.5. The Labute approximate surface area is 98.0 Å². The summed E-state index contributed by atoms with van der Waals surface area (Å²) in [5.41, 5.74) is 4.24. The van der Waals surface area contributed by atoms with Gasteiger partial charge >= 0.3 is 6.18 Å². The van der Waals surface area contributed by atoms with Crippen LogP contribution < -0.4 is 11.3 Å². The van der Waals surface area contributed by atoms with Gasteiger partial charge in [0, 0.05) is 13.6 Å². The molecule has 0 amide bonds. The van der Waals surface area contributed by atoms with Gasteiger partial charge in [-0.15, -0.1) is 5.10 Å². The summed E-state index contributed by atoms with van der Waals surface area (Å²) >= 11 is 0. The molecule has 0 saturated heterocycles. The predicted molar refractivity (Wildman–Crippen MR) is 54.7 cm³/mol. The first kappa shape index (κ1) is 12.5. The van der Waals surface area contributed by atoms with Crippen molar-refractivity contribution in [3.05, 3.63) is 16.6 Å². The molecule has 1 unspecified atom stereocenters. The lowest BCUT2D eigenvalue weighted by Gasteiger charge is -2.18. The standard InChI is InChI=1S/C8H9F3N6O/c1-16-6-4(3-13-16)7(18)17(15-14-6)5(2-12)8(9,10)11/h3,5H,2,12H2,1H3. The van der Waals surface area contributed by atoms with Crippen molar-refractivity contribution in [1.82, 2.24) is 24.8 Å². The zero-order chi connectivity index (χ0) is 13.5. The van der Waals surface area contributed by atoms with Gasteiger partial charge in [-0.1, -0.05) is 5.21 Å². The monoisotopic (exact) mass is 262 g/mol. The first-order valence-electron chi connectivity index (χ1n) is 4.90. The Morgan fingerprint density at radius 1 is 1.50 bits per heavy atom. The lowest BCUT2D eigenvalue weighted by molar-refractivity contribution is -0.168. The molecule has 0 spiro atoms. The largest absolute Gasteiger partial charge is 0.412 e. The minimum absolute atomic E-state index is 0.0322. The summed E-state index contributed by atoms with van der Waals surface area (Å²) in [7, 11) is 1.50. The Morgan fingerprint density at radius 2 is 2.17 bits per heavy atom. The van der Waals surface area contributed by atoms with Gasteiger partial charge in [0.15, 0.2) is 11.7 Å². The number of fused-ring (bicyclic) bond motifs is 1. The lowest BCUT2D eigenvalue weighted by atomic mass is 10.3. The summed E-state index contributed by atoms with van der Waals surface area (Å²) in [6.07, 6.45) is -3.52. The van der Waals surface area contributed by atoms with Crippen LogP contribution in [0.1, 0.15) is 6.04 Å². The van der Waals surface area contributed by atoms with E-state index in [9.17, 15) is 18.0 Å². The molecule has 1 atom stereocenters. The molecule has 7 nitrogen and oxygen atoms in total. The normalized spacial score (nSPS) is 14.1. The van der Waals surface area contributed by atoms with Crippen LogP contribution in [0.3, 0.4) is 0 Å². The second-order valence-electron chi connectivity index (χ2n) is 3.64. The number of aromatic nitrogens is 5. The Morgan fingerprint density at radius 3 is 2.72 bits per heavy atom. The van der Waals surface area contributed by atoms with Crippen molar-refractivity contribution in [3.63, 3.8) is 0 Å². The van der Waals surface area contributed by atoms with Crippen molar-refractivity contribution in [2.45, 2.75) is 12.2 Å². The second kappa shape index (κ2) is 4.05. The second-order valence-corrected chi connectivity index (χ2v) is 3.64. The molecule has 0 aliphatic heterocycles. The van der Waals surface area contributed by atoms with Crippen molar-refractivity contribution >= 4 is 11.0 Å². The molecule has 0 aromatic carbocycles. The van der Waals surface area contributed by atoms with Gasteiger partial charge in [-0.3, -0.25) is 4.79 Å². The van der Waals surface area contributed by atoms with E-state index in [1.165, 1.54) is 11.7 Å². The van der Waals surface area contributed by atoms with E-state index in [1.807, 2.05) is 0 Å². The molecule has 0 radical (unpaired) electrons. The smallest absolute Gasteiger partial charge is 0.328 e. The quantitative estimate of drug-likeness (QED) is 0.794. The highest BCUT2D eigenvalue weighted by molar-refractivity contribution is 5.72. The van der Waals surface area contributed by atoms with Crippen LogP contribution in [0.25, 0.3) is 11.0 Å². The fourth-order valence-electron chi connectivity index (χ4n) is 1.53. The molecule has 2 aromatic rings. The molecule has 0 aliphatic carbocycles. The third-order valence-electron chi connectivity index (χ3n) is 2.48. The predicted octanol–water partition coefficient (Wildman–Crippen LogP) is -0.413. The van der Waals surface area contributed by atoms with Gasteiger partial charge < -0.3 is 5.73 Å². The molecule has 18 heavy (non-hydrogen) atoms. The number of hydrogen-bond donors (Lipinski definition) is 1. The Kier molecular flexibility index (Phi) is 2.81. The number of hydrogen-bond acceptors (Lipinski definition) is 5. The molecule has 98 valence electrons. The molecule has 0 fully saturated rings. The number of nitrogens with zero attached hydrogens (tertiary/aromatic N) is 5. The maximum atomic E-state index is 12.7. The summed E-state index contributed by atoms with van der Waals surface area (Å²) < 4.78 is 39.5. The highest BCUT2D eigenvalue weighted by atomic mass is 19.4. The van der Waals surface area contributed by atoms with Crippen LogP contribution in [-0.4, -0.2) is 37.5 Å². The zero-order valence-corrected chi connectivity index (χ0v) is 9.22. The average Bonchev–Trinajstić information content (AvgIpc) is 2.64. The summed E-state index contributed by atoms with van der Waals surface area (Å²) in [5.74, 6) is 0. The van der Waals surface area contributed by atoms with E-state index < -0.39 is 24.3 Å². The summed E-state index contributed by atoms with van der Waals surface area (Å²) in [6.45, 7) is -0.788. The van der Waals surface area contributed by atoms with Gasteiger partial charge in [0.05, 0.1) is 6.20 Å². The average molecular weight is 262 g/mol.